The topological polar surface area (TPSA) is 70.6 Å². The molecule has 94 valence electrons. The van der Waals surface area contributed by atoms with E-state index in [-0.39, 0.29) is 12.6 Å². The molecule has 3 N–H and O–H groups in total. The summed E-state index contributed by atoms with van der Waals surface area (Å²) in [7, 11) is 1.68. The standard InChI is InChI=1S/C9H16F2N2O3/c1-12-7-3-16-2-6(7)8(15)13-4-9(10,11)5-14/h6-7,12,14H,2-5H2,1H3,(H,13,15). The minimum atomic E-state index is -3.27. The van der Waals surface area contributed by atoms with Gasteiger partial charge in [0.2, 0.25) is 5.91 Å². The van der Waals surface area contributed by atoms with E-state index < -0.39 is 30.9 Å². The molecular weight excluding hydrogens is 222 g/mol. The van der Waals surface area contributed by atoms with Crippen molar-refractivity contribution in [3.63, 3.8) is 0 Å². The summed E-state index contributed by atoms with van der Waals surface area (Å²) in [5, 5.41) is 13.3. The van der Waals surface area contributed by atoms with E-state index in [0.29, 0.717) is 6.61 Å². The average Bonchev–Trinajstić information content (AvgIpc) is 2.74. The maximum absolute atomic E-state index is 12.7. The molecule has 0 aromatic carbocycles. The predicted molar refractivity (Wildman–Crippen MR) is 52.2 cm³/mol. The molecule has 16 heavy (non-hydrogen) atoms. The Balaban J connectivity index is 2.40. The first-order valence-electron chi connectivity index (χ1n) is 5.01. The molecule has 1 heterocycles. The van der Waals surface area contributed by atoms with Crippen LogP contribution in [-0.2, 0) is 9.53 Å². The van der Waals surface area contributed by atoms with Gasteiger partial charge in [-0.3, -0.25) is 4.79 Å². The second kappa shape index (κ2) is 5.51. The Hall–Kier alpha value is -0.790. The van der Waals surface area contributed by atoms with Crippen LogP contribution in [0, 0.1) is 5.92 Å². The van der Waals surface area contributed by atoms with Gasteiger partial charge < -0.3 is 20.5 Å². The third kappa shape index (κ3) is 3.36. The van der Waals surface area contributed by atoms with E-state index in [1.165, 1.54) is 0 Å². The molecule has 0 spiro atoms. The third-order valence-corrected chi connectivity index (χ3v) is 2.54. The lowest BCUT2D eigenvalue weighted by Gasteiger charge is -2.19. The summed E-state index contributed by atoms with van der Waals surface area (Å²) < 4.78 is 30.4. The number of ether oxygens (including phenoxy) is 1. The first-order chi connectivity index (χ1) is 7.50. The van der Waals surface area contributed by atoms with Crippen molar-refractivity contribution in [2.24, 2.45) is 5.92 Å². The number of halogens is 2. The summed E-state index contributed by atoms with van der Waals surface area (Å²) in [4.78, 5) is 11.5. The van der Waals surface area contributed by atoms with E-state index in [4.69, 9.17) is 9.84 Å². The van der Waals surface area contributed by atoms with Crippen molar-refractivity contribution in [3.05, 3.63) is 0 Å². The van der Waals surface area contributed by atoms with Crippen molar-refractivity contribution in [1.29, 1.82) is 0 Å². The Morgan fingerprint density at radius 1 is 1.56 bits per heavy atom. The number of carbonyl (C=O) groups is 1. The van der Waals surface area contributed by atoms with Gasteiger partial charge in [0, 0.05) is 6.04 Å². The summed E-state index contributed by atoms with van der Waals surface area (Å²) >= 11 is 0. The number of amides is 1. The molecule has 2 atom stereocenters. The van der Waals surface area contributed by atoms with Gasteiger partial charge in [0.05, 0.1) is 25.7 Å². The smallest absolute Gasteiger partial charge is 0.287 e. The van der Waals surface area contributed by atoms with Crippen molar-refractivity contribution in [2.75, 3.05) is 33.4 Å². The molecule has 1 amide bonds. The maximum atomic E-state index is 12.7. The summed E-state index contributed by atoms with van der Waals surface area (Å²) in [6.07, 6.45) is 0. The number of hydrogen-bond acceptors (Lipinski definition) is 4. The SMILES string of the molecule is CNC1COCC1C(=O)NCC(F)(F)CO. The number of aliphatic hydroxyl groups excluding tert-OH is 1. The van der Waals surface area contributed by atoms with Gasteiger partial charge in [-0.1, -0.05) is 0 Å². The van der Waals surface area contributed by atoms with Crippen LogP contribution in [0.2, 0.25) is 0 Å². The number of likely N-dealkylation sites (N-methyl/N-ethyl adjacent to an activating group) is 1. The van der Waals surface area contributed by atoms with Crippen LogP contribution in [-0.4, -0.2) is 56.4 Å². The van der Waals surface area contributed by atoms with Crippen LogP contribution in [0.25, 0.3) is 0 Å². The number of carbonyl (C=O) groups excluding carboxylic acids is 1. The lowest BCUT2D eigenvalue weighted by atomic mass is 10.0. The fraction of sp³-hybridized carbons (Fsp3) is 0.889. The van der Waals surface area contributed by atoms with Crippen molar-refractivity contribution in [2.45, 2.75) is 12.0 Å². The highest BCUT2D eigenvalue weighted by molar-refractivity contribution is 5.79. The second-order valence-electron chi connectivity index (χ2n) is 3.77. The molecule has 0 aliphatic carbocycles. The number of rotatable bonds is 5. The van der Waals surface area contributed by atoms with Crippen molar-refractivity contribution in [3.8, 4) is 0 Å². The molecule has 7 heteroatoms. The minimum Gasteiger partial charge on any atom is -0.390 e. The van der Waals surface area contributed by atoms with E-state index in [9.17, 15) is 13.6 Å². The molecule has 0 saturated carbocycles. The summed E-state index contributed by atoms with van der Waals surface area (Å²) in [6.45, 7) is -1.51. The Bertz CT molecular complexity index is 251. The number of alkyl halides is 2. The number of aliphatic hydroxyl groups is 1. The van der Waals surface area contributed by atoms with Crippen molar-refractivity contribution < 1.29 is 23.4 Å². The van der Waals surface area contributed by atoms with Crippen LogP contribution < -0.4 is 10.6 Å². The van der Waals surface area contributed by atoms with Crippen molar-refractivity contribution in [1.82, 2.24) is 10.6 Å². The molecule has 0 aromatic rings. The molecule has 1 aliphatic heterocycles. The first kappa shape index (κ1) is 13.3. The van der Waals surface area contributed by atoms with Gasteiger partial charge in [-0.25, -0.2) is 8.78 Å². The predicted octanol–water partition coefficient (Wildman–Crippen LogP) is -1.04. The molecule has 0 bridgehead atoms. The molecule has 1 aliphatic rings. The largest absolute Gasteiger partial charge is 0.390 e. The normalized spacial score (nSPS) is 25.8. The fourth-order valence-electron chi connectivity index (χ4n) is 1.50. The van der Waals surface area contributed by atoms with Crippen molar-refractivity contribution >= 4 is 5.91 Å². The molecule has 0 aromatic heterocycles. The van der Waals surface area contributed by atoms with E-state index in [1.54, 1.807) is 7.05 Å². The van der Waals surface area contributed by atoms with Crippen LogP contribution in [0.4, 0.5) is 8.78 Å². The molecule has 1 saturated heterocycles. The number of nitrogens with one attached hydrogen (secondary N) is 2. The zero-order valence-electron chi connectivity index (χ0n) is 9.00. The van der Waals surface area contributed by atoms with Gasteiger partial charge in [-0.2, -0.15) is 0 Å². The molecule has 5 nitrogen and oxygen atoms in total. The Labute approximate surface area is 92.2 Å². The summed E-state index contributed by atoms with van der Waals surface area (Å²) in [5.74, 6) is -4.21. The Kier molecular flexibility index (Phi) is 4.57. The minimum absolute atomic E-state index is 0.150. The molecule has 1 rings (SSSR count). The Morgan fingerprint density at radius 3 is 2.81 bits per heavy atom. The van der Waals surface area contributed by atoms with Crippen LogP contribution in [0.15, 0.2) is 0 Å². The maximum Gasteiger partial charge on any atom is 0.287 e. The second-order valence-corrected chi connectivity index (χ2v) is 3.77. The summed E-state index contributed by atoms with van der Waals surface area (Å²) in [5.41, 5.74) is 0. The van der Waals surface area contributed by atoms with Gasteiger partial charge in [0.25, 0.3) is 5.92 Å². The quantitative estimate of drug-likeness (QED) is 0.572. The molecule has 0 radical (unpaired) electrons. The van der Waals surface area contributed by atoms with Gasteiger partial charge in [-0.15, -0.1) is 0 Å². The Morgan fingerprint density at radius 2 is 2.25 bits per heavy atom. The molecule has 2 unspecified atom stereocenters. The lowest BCUT2D eigenvalue weighted by Crippen LogP contribution is -2.46. The first-order valence-corrected chi connectivity index (χ1v) is 5.01. The fourth-order valence-corrected chi connectivity index (χ4v) is 1.50. The third-order valence-electron chi connectivity index (χ3n) is 2.54. The monoisotopic (exact) mass is 238 g/mol. The van der Waals surface area contributed by atoms with Crippen LogP contribution in [0.1, 0.15) is 0 Å². The average molecular weight is 238 g/mol. The van der Waals surface area contributed by atoms with E-state index >= 15 is 0 Å². The van der Waals surface area contributed by atoms with Gasteiger partial charge in [-0.05, 0) is 7.05 Å². The van der Waals surface area contributed by atoms with E-state index in [1.807, 2.05) is 0 Å². The van der Waals surface area contributed by atoms with Crippen LogP contribution >= 0.6 is 0 Å². The number of hydrogen-bond donors (Lipinski definition) is 3. The van der Waals surface area contributed by atoms with Gasteiger partial charge in [0.15, 0.2) is 0 Å². The zero-order valence-corrected chi connectivity index (χ0v) is 9.00. The highest BCUT2D eigenvalue weighted by Crippen LogP contribution is 2.15. The van der Waals surface area contributed by atoms with E-state index in [0.717, 1.165) is 0 Å². The molecule has 1 fully saturated rings. The highest BCUT2D eigenvalue weighted by Gasteiger charge is 2.35. The van der Waals surface area contributed by atoms with Crippen LogP contribution in [0.3, 0.4) is 0 Å². The zero-order chi connectivity index (χ0) is 12.2. The molecular formula is C9H16F2N2O3. The summed E-state index contributed by atoms with van der Waals surface area (Å²) in [6, 6.07) is -0.150. The van der Waals surface area contributed by atoms with Gasteiger partial charge in [0.1, 0.15) is 6.61 Å². The lowest BCUT2D eigenvalue weighted by molar-refractivity contribution is -0.128. The van der Waals surface area contributed by atoms with E-state index in [2.05, 4.69) is 10.6 Å². The highest BCUT2D eigenvalue weighted by atomic mass is 19.3. The van der Waals surface area contributed by atoms with Crippen LogP contribution in [0.5, 0.6) is 0 Å². The van der Waals surface area contributed by atoms with Gasteiger partial charge >= 0.3 is 0 Å².